The third kappa shape index (κ3) is 7.05. The first-order valence-electron chi connectivity index (χ1n) is 2.71. The van der Waals surface area contributed by atoms with Gasteiger partial charge in [0, 0.05) is 5.75 Å². The lowest BCUT2D eigenvalue weighted by Crippen LogP contribution is -1.84. The first kappa shape index (κ1) is 9.05. The number of hydrogen-bond donors (Lipinski definition) is 2. The molecule has 0 amide bonds. The third-order valence-electron chi connectivity index (χ3n) is 0.682. The summed E-state index contributed by atoms with van der Waals surface area (Å²) in [5.41, 5.74) is 0. The second-order valence-electron chi connectivity index (χ2n) is 1.41. The molecule has 50 valence electrons. The molecule has 0 rings (SSSR count). The molecule has 0 radical (unpaired) electrons. The van der Waals surface area contributed by atoms with E-state index in [2.05, 4.69) is 25.3 Å². The predicted octanol–water partition coefficient (Wildman–Crippen LogP) is 1.97. The fourth-order valence-electron chi connectivity index (χ4n) is 0.333. The monoisotopic (exact) mass is 168 g/mol. The summed E-state index contributed by atoms with van der Waals surface area (Å²) >= 11 is 10.1. The van der Waals surface area contributed by atoms with Crippen LogP contribution in [-0.2, 0) is 0 Å². The molecule has 0 fully saturated rings. The molecule has 0 unspecified atom stereocenters. The molecule has 0 nitrogen and oxygen atoms in total. The van der Waals surface area contributed by atoms with Crippen molar-refractivity contribution in [2.24, 2.45) is 0 Å². The van der Waals surface area contributed by atoms with Gasteiger partial charge in [-0.25, -0.2) is 0 Å². The van der Waals surface area contributed by atoms with Gasteiger partial charge in [-0.1, -0.05) is 0 Å². The van der Waals surface area contributed by atoms with E-state index in [1.54, 1.807) is 0 Å². The molecule has 0 N–H and O–H groups in total. The van der Waals surface area contributed by atoms with Crippen LogP contribution in [0.4, 0.5) is 0 Å². The second-order valence-corrected chi connectivity index (χ2v) is 3.53. The molecule has 0 aliphatic rings. The van der Waals surface area contributed by atoms with Crippen LogP contribution in [0.5, 0.6) is 0 Å². The molecule has 0 aromatic rings. The van der Waals surface area contributed by atoms with Crippen LogP contribution in [0, 0.1) is 0 Å². The highest BCUT2D eigenvalue weighted by Crippen LogP contribution is 2.02. The van der Waals surface area contributed by atoms with Crippen molar-refractivity contribution < 1.29 is 0 Å². The molecule has 0 saturated carbocycles. The zero-order valence-electron chi connectivity index (χ0n) is 4.84. The van der Waals surface area contributed by atoms with Gasteiger partial charge >= 0.3 is 0 Å². The Kier molecular flexibility index (Phi) is 9.11. The molecule has 0 aliphatic carbocycles. The van der Waals surface area contributed by atoms with E-state index in [-0.39, 0.29) is 0 Å². The summed E-state index contributed by atoms with van der Waals surface area (Å²) in [4.78, 5) is 0. The van der Waals surface area contributed by atoms with E-state index in [0.29, 0.717) is 0 Å². The molecule has 0 spiro atoms. The van der Waals surface area contributed by atoms with E-state index >= 15 is 0 Å². The fraction of sp³-hybridized carbons (Fsp3) is 1.00. The summed E-state index contributed by atoms with van der Waals surface area (Å²) < 4.78 is 0. The van der Waals surface area contributed by atoms with Crippen LogP contribution in [0.1, 0.15) is 6.42 Å². The van der Waals surface area contributed by atoms with Gasteiger partial charge < -0.3 is 0 Å². The molecule has 3 heteroatoms. The zero-order chi connectivity index (χ0) is 6.24. The molecule has 0 aromatic heterocycles. The number of rotatable bonds is 5. The maximum atomic E-state index is 4.09. The predicted molar refractivity (Wildman–Crippen MR) is 49.6 cm³/mol. The number of thiol groups is 2. The summed E-state index contributed by atoms with van der Waals surface area (Å²) in [6.45, 7) is 0. The molecular weight excluding hydrogens is 156 g/mol. The van der Waals surface area contributed by atoms with Gasteiger partial charge in [0.2, 0.25) is 0 Å². The van der Waals surface area contributed by atoms with Crippen LogP contribution >= 0.6 is 37.0 Å². The first-order chi connectivity index (χ1) is 3.91. The highest BCUT2D eigenvalue weighted by atomic mass is 32.2. The van der Waals surface area contributed by atoms with Crippen LogP contribution in [0.25, 0.3) is 0 Å². The average molecular weight is 168 g/mol. The van der Waals surface area contributed by atoms with E-state index in [4.69, 9.17) is 0 Å². The highest BCUT2D eigenvalue weighted by Gasteiger charge is 1.83. The van der Waals surface area contributed by atoms with Gasteiger partial charge in [-0.2, -0.15) is 37.0 Å². The maximum Gasteiger partial charge on any atom is 0.00210 e. The normalized spacial score (nSPS) is 9.75. The van der Waals surface area contributed by atoms with E-state index in [0.717, 1.165) is 11.5 Å². The van der Waals surface area contributed by atoms with E-state index < -0.39 is 0 Å². The Morgan fingerprint density at radius 3 is 2.25 bits per heavy atom. The minimum Gasteiger partial charge on any atom is -0.179 e. The van der Waals surface area contributed by atoms with E-state index in [1.165, 1.54) is 17.9 Å². The van der Waals surface area contributed by atoms with Crippen molar-refractivity contribution in [3.63, 3.8) is 0 Å². The number of thioether (sulfide) groups is 1. The van der Waals surface area contributed by atoms with Crippen molar-refractivity contribution in [2.45, 2.75) is 6.42 Å². The van der Waals surface area contributed by atoms with Crippen LogP contribution < -0.4 is 0 Å². The Labute approximate surface area is 66.6 Å². The summed E-state index contributed by atoms with van der Waals surface area (Å²) in [5.74, 6) is 4.43. The van der Waals surface area contributed by atoms with Crippen molar-refractivity contribution in [3.8, 4) is 0 Å². The van der Waals surface area contributed by atoms with Crippen molar-refractivity contribution >= 4 is 37.0 Å². The molecular formula is C5H12S3. The Balaban J connectivity index is 2.53. The molecule has 0 atom stereocenters. The van der Waals surface area contributed by atoms with Crippen molar-refractivity contribution in [3.05, 3.63) is 0 Å². The Hall–Kier alpha value is 1.05. The van der Waals surface area contributed by atoms with Gasteiger partial charge in [0.25, 0.3) is 0 Å². The first-order valence-corrected chi connectivity index (χ1v) is 5.13. The van der Waals surface area contributed by atoms with E-state index in [1.807, 2.05) is 11.8 Å². The van der Waals surface area contributed by atoms with Gasteiger partial charge in [-0.3, -0.25) is 0 Å². The third-order valence-corrected chi connectivity index (χ3v) is 2.59. The molecule has 0 aromatic carbocycles. The summed E-state index contributed by atoms with van der Waals surface area (Å²) in [6, 6.07) is 0. The summed E-state index contributed by atoms with van der Waals surface area (Å²) in [6.07, 6.45) is 1.22. The van der Waals surface area contributed by atoms with Gasteiger partial charge in [0.15, 0.2) is 0 Å². The summed E-state index contributed by atoms with van der Waals surface area (Å²) in [7, 11) is 0. The minimum absolute atomic E-state index is 0.997. The van der Waals surface area contributed by atoms with Crippen LogP contribution in [0.2, 0.25) is 0 Å². The van der Waals surface area contributed by atoms with E-state index in [9.17, 15) is 0 Å². The number of hydrogen-bond acceptors (Lipinski definition) is 3. The van der Waals surface area contributed by atoms with Crippen LogP contribution in [0.3, 0.4) is 0 Å². The lowest BCUT2D eigenvalue weighted by Gasteiger charge is -1.93. The van der Waals surface area contributed by atoms with Gasteiger partial charge in [0.1, 0.15) is 0 Å². The van der Waals surface area contributed by atoms with Crippen LogP contribution in [0.15, 0.2) is 0 Å². The largest absolute Gasteiger partial charge is 0.179 e. The average Bonchev–Trinajstić information content (AvgIpc) is 1.81. The standard InChI is InChI=1S/C5H12S3/c6-2-1-4-8-5-3-7/h6-7H,1-5H2. The van der Waals surface area contributed by atoms with Crippen LogP contribution in [-0.4, -0.2) is 23.0 Å². The quantitative estimate of drug-likeness (QED) is 0.467. The lowest BCUT2D eigenvalue weighted by molar-refractivity contribution is 1.13. The van der Waals surface area contributed by atoms with Gasteiger partial charge in [0.05, 0.1) is 0 Å². The minimum atomic E-state index is 0.997. The topological polar surface area (TPSA) is 0 Å². The lowest BCUT2D eigenvalue weighted by atomic mass is 10.6. The maximum absolute atomic E-state index is 4.09. The molecule has 0 aliphatic heterocycles. The summed E-state index contributed by atoms with van der Waals surface area (Å²) in [5, 5.41) is 0. The van der Waals surface area contributed by atoms with Gasteiger partial charge in [-0.15, -0.1) is 0 Å². The smallest absolute Gasteiger partial charge is 0.00210 e. The molecule has 0 heterocycles. The van der Waals surface area contributed by atoms with Crippen molar-refractivity contribution in [1.29, 1.82) is 0 Å². The highest BCUT2D eigenvalue weighted by molar-refractivity contribution is 8.00. The Morgan fingerprint density at radius 1 is 1.00 bits per heavy atom. The second kappa shape index (κ2) is 8.05. The SMILES string of the molecule is SCCCSCCS. The van der Waals surface area contributed by atoms with Crippen molar-refractivity contribution in [2.75, 3.05) is 23.0 Å². The molecule has 0 bridgehead atoms. The van der Waals surface area contributed by atoms with Crippen molar-refractivity contribution in [1.82, 2.24) is 0 Å². The molecule has 8 heavy (non-hydrogen) atoms. The molecule has 0 saturated heterocycles. The zero-order valence-corrected chi connectivity index (χ0v) is 7.44. The Morgan fingerprint density at radius 2 is 1.75 bits per heavy atom. The van der Waals surface area contributed by atoms with Gasteiger partial charge in [-0.05, 0) is 23.7 Å². The fourth-order valence-corrected chi connectivity index (χ4v) is 1.77. The Bertz CT molecular complexity index is 32.7.